The molecule has 1 saturated carbocycles. The van der Waals surface area contributed by atoms with Gasteiger partial charge in [0.2, 0.25) is 0 Å². The summed E-state index contributed by atoms with van der Waals surface area (Å²) in [5, 5.41) is 0. The first-order chi connectivity index (χ1) is 10.1. The number of carbonyl (C=O) groups is 2. The molecule has 0 aliphatic heterocycles. The molecule has 0 aromatic carbocycles. The van der Waals surface area contributed by atoms with Gasteiger partial charge in [-0.15, -0.1) is 0 Å². The van der Waals surface area contributed by atoms with Crippen LogP contribution in [0.1, 0.15) is 72.1 Å². The van der Waals surface area contributed by atoms with Gasteiger partial charge in [0.05, 0.1) is 13.2 Å². The second kappa shape index (κ2) is 9.06. The molecule has 1 fully saturated rings. The highest BCUT2D eigenvalue weighted by Crippen LogP contribution is 2.44. The van der Waals surface area contributed by atoms with Crippen LogP contribution in [0.2, 0.25) is 0 Å². The van der Waals surface area contributed by atoms with Crippen LogP contribution in [0, 0.1) is 11.3 Å². The predicted molar refractivity (Wildman–Crippen MR) is 81.8 cm³/mol. The van der Waals surface area contributed by atoms with E-state index in [9.17, 15) is 9.59 Å². The zero-order valence-electron chi connectivity index (χ0n) is 13.8. The van der Waals surface area contributed by atoms with E-state index in [1.54, 1.807) is 13.8 Å². The number of carbonyl (C=O) groups excluding carboxylic acids is 2. The van der Waals surface area contributed by atoms with Gasteiger partial charge in [0, 0.05) is 0 Å². The Morgan fingerprint density at radius 2 is 1.48 bits per heavy atom. The van der Waals surface area contributed by atoms with E-state index in [2.05, 4.69) is 6.92 Å². The molecule has 21 heavy (non-hydrogen) atoms. The third kappa shape index (κ3) is 4.21. The first-order valence-electron chi connectivity index (χ1n) is 8.47. The minimum atomic E-state index is -1.08. The fourth-order valence-corrected chi connectivity index (χ4v) is 3.40. The van der Waals surface area contributed by atoms with Crippen LogP contribution >= 0.6 is 0 Å². The summed E-state index contributed by atoms with van der Waals surface area (Å²) in [6, 6.07) is 0. The first kappa shape index (κ1) is 18.0. The summed E-state index contributed by atoms with van der Waals surface area (Å²) in [7, 11) is 0. The zero-order valence-corrected chi connectivity index (χ0v) is 13.8. The molecule has 0 saturated heterocycles. The minimum Gasteiger partial charge on any atom is -0.465 e. The molecule has 0 radical (unpaired) electrons. The lowest BCUT2D eigenvalue weighted by Gasteiger charge is -2.38. The van der Waals surface area contributed by atoms with E-state index in [0.717, 1.165) is 38.5 Å². The summed E-state index contributed by atoms with van der Waals surface area (Å²) in [4.78, 5) is 25.3. The summed E-state index contributed by atoms with van der Waals surface area (Å²) in [5.74, 6) is -0.677. The number of unbranched alkanes of at least 4 members (excludes halogenated alkanes) is 1. The molecule has 4 heteroatoms. The Hall–Kier alpha value is -1.06. The zero-order chi connectivity index (χ0) is 15.7. The summed E-state index contributed by atoms with van der Waals surface area (Å²) >= 11 is 0. The Bertz CT molecular complexity index is 314. The van der Waals surface area contributed by atoms with Crippen LogP contribution in [0.3, 0.4) is 0 Å². The van der Waals surface area contributed by atoms with Crippen LogP contribution in [0.25, 0.3) is 0 Å². The van der Waals surface area contributed by atoms with Crippen molar-refractivity contribution in [2.24, 2.45) is 11.3 Å². The number of ether oxygens (including phenoxy) is 2. The molecule has 0 atom stereocenters. The largest absolute Gasteiger partial charge is 0.465 e. The van der Waals surface area contributed by atoms with Crippen molar-refractivity contribution in [3.63, 3.8) is 0 Å². The molecule has 1 aliphatic carbocycles. The van der Waals surface area contributed by atoms with Gasteiger partial charge >= 0.3 is 11.9 Å². The standard InChI is InChI=1S/C17H30O4/c1-4-7-13-17(15(18)20-5-2,16(19)21-6-3)14-11-9-8-10-12-14/h14H,4-13H2,1-3H3. The maximum absolute atomic E-state index is 12.7. The van der Waals surface area contributed by atoms with Crippen molar-refractivity contribution in [2.45, 2.75) is 72.1 Å². The lowest BCUT2D eigenvalue weighted by atomic mass is 9.66. The van der Waals surface area contributed by atoms with Crippen LogP contribution in [0.15, 0.2) is 0 Å². The Balaban J connectivity index is 3.10. The highest BCUT2D eigenvalue weighted by molar-refractivity contribution is 6.00. The van der Waals surface area contributed by atoms with Crippen LogP contribution in [-0.4, -0.2) is 25.2 Å². The van der Waals surface area contributed by atoms with Crippen LogP contribution < -0.4 is 0 Å². The Morgan fingerprint density at radius 1 is 0.952 bits per heavy atom. The molecular weight excluding hydrogens is 268 g/mol. The highest BCUT2D eigenvalue weighted by atomic mass is 16.6. The van der Waals surface area contributed by atoms with E-state index < -0.39 is 5.41 Å². The van der Waals surface area contributed by atoms with Crippen molar-refractivity contribution >= 4 is 11.9 Å². The van der Waals surface area contributed by atoms with Gasteiger partial charge in [-0.1, -0.05) is 39.0 Å². The number of hydrogen-bond donors (Lipinski definition) is 0. The molecule has 0 aromatic rings. The number of rotatable bonds is 8. The highest BCUT2D eigenvalue weighted by Gasteiger charge is 2.53. The van der Waals surface area contributed by atoms with Gasteiger partial charge in [0.25, 0.3) is 0 Å². The first-order valence-corrected chi connectivity index (χ1v) is 8.47. The fourth-order valence-electron chi connectivity index (χ4n) is 3.40. The Kier molecular flexibility index (Phi) is 7.76. The van der Waals surface area contributed by atoms with Gasteiger partial charge in [-0.25, -0.2) is 0 Å². The molecule has 0 heterocycles. The maximum Gasteiger partial charge on any atom is 0.323 e. The minimum absolute atomic E-state index is 0.0656. The number of hydrogen-bond acceptors (Lipinski definition) is 4. The van der Waals surface area contributed by atoms with Crippen molar-refractivity contribution in [2.75, 3.05) is 13.2 Å². The van der Waals surface area contributed by atoms with E-state index in [1.807, 2.05) is 0 Å². The summed E-state index contributed by atoms with van der Waals surface area (Å²) in [6.07, 6.45) is 7.52. The topological polar surface area (TPSA) is 52.6 Å². The SMILES string of the molecule is CCCCC(C(=O)OCC)(C(=O)OCC)C1CCCCC1. The van der Waals surface area contributed by atoms with E-state index in [1.165, 1.54) is 6.42 Å². The van der Waals surface area contributed by atoms with Crippen molar-refractivity contribution in [1.29, 1.82) is 0 Å². The smallest absolute Gasteiger partial charge is 0.323 e. The molecule has 1 rings (SSSR count). The van der Waals surface area contributed by atoms with Gasteiger partial charge in [-0.05, 0) is 39.0 Å². The van der Waals surface area contributed by atoms with Crippen molar-refractivity contribution < 1.29 is 19.1 Å². The molecule has 0 spiro atoms. The van der Waals surface area contributed by atoms with Gasteiger partial charge in [0.1, 0.15) is 0 Å². The van der Waals surface area contributed by atoms with Crippen molar-refractivity contribution in [3.05, 3.63) is 0 Å². The average Bonchev–Trinajstić information content (AvgIpc) is 2.50. The van der Waals surface area contributed by atoms with Crippen LogP contribution in [0.4, 0.5) is 0 Å². The van der Waals surface area contributed by atoms with Gasteiger partial charge < -0.3 is 9.47 Å². The van der Waals surface area contributed by atoms with Crippen molar-refractivity contribution in [3.8, 4) is 0 Å². The van der Waals surface area contributed by atoms with E-state index in [4.69, 9.17) is 9.47 Å². The van der Waals surface area contributed by atoms with E-state index in [-0.39, 0.29) is 17.9 Å². The second-order valence-electron chi connectivity index (χ2n) is 5.85. The third-order valence-corrected chi connectivity index (χ3v) is 4.51. The monoisotopic (exact) mass is 298 g/mol. The van der Waals surface area contributed by atoms with Crippen LogP contribution in [0.5, 0.6) is 0 Å². The molecule has 0 aromatic heterocycles. The summed E-state index contributed by atoms with van der Waals surface area (Å²) < 4.78 is 10.6. The average molecular weight is 298 g/mol. The Labute approximate surface area is 128 Å². The molecule has 0 N–H and O–H groups in total. The predicted octanol–water partition coefficient (Wildman–Crippen LogP) is 3.87. The van der Waals surface area contributed by atoms with Gasteiger partial charge in [-0.3, -0.25) is 9.59 Å². The van der Waals surface area contributed by atoms with E-state index in [0.29, 0.717) is 19.6 Å². The van der Waals surface area contributed by atoms with Gasteiger partial charge in [0.15, 0.2) is 5.41 Å². The molecule has 4 nitrogen and oxygen atoms in total. The summed E-state index contributed by atoms with van der Waals surface area (Å²) in [5.41, 5.74) is -1.08. The Morgan fingerprint density at radius 3 is 1.90 bits per heavy atom. The molecule has 122 valence electrons. The summed E-state index contributed by atoms with van der Waals surface area (Å²) in [6.45, 7) is 6.25. The number of esters is 2. The molecule has 0 amide bonds. The third-order valence-electron chi connectivity index (χ3n) is 4.51. The fraction of sp³-hybridized carbons (Fsp3) is 0.882. The molecule has 1 aliphatic rings. The normalized spacial score (nSPS) is 16.5. The second-order valence-corrected chi connectivity index (χ2v) is 5.85. The molecular formula is C17H30O4. The van der Waals surface area contributed by atoms with Crippen molar-refractivity contribution in [1.82, 2.24) is 0 Å². The molecule has 0 unspecified atom stereocenters. The maximum atomic E-state index is 12.7. The van der Waals surface area contributed by atoms with E-state index >= 15 is 0 Å². The molecule has 0 bridgehead atoms. The lowest BCUT2D eigenvalue weighted by molar-refractivity contribution is -0.179. The lowest BCUT2D eigenvalue weighted by Crippen LogP contribution is -2.48. The van der Waals surface area contributed by atoms with Gasteiger partial charge in [-0.2, -0.15) is 0 Å². The van der Waals surface area contributed by atoms with Crippen LogP contribution in [-0.2, 0) is 19.1 Å². The quantitative estimate of drug-likeness (QED) is 0.504.